The van der Waals surface area contributed by atoms with Crippen LogP contribution in [0.5, 0.6) is 34.5 Å². The summed E-state index contributed by atoms with van der Waals surface area (Å²) >= 11 is 0. The molecule has 0 aromatic heterocycles. The molecule has 5 atom stereocenters. The molecule has 1 saturated heterocycles. The van der Waals surface area contributed by atoms with E-state index >= 15 is 0 Å². The fourth-order valence-electron chi connectivity index (χ4n) is 8.14. The average Bonchev–Trinajstić information content (AvgIpc) is 3.36. The minimum absolute atomic E-state index is 0.158. The van der Waals surface area contributed by atoms with Crippen molar-refractivity contribution in [3.63, 3.8) is 0 Å². The Labute approximate surface area is 373 Å². The van der Waals surface area contributed by atoms with E-state index in [0.717, 1.165) is 81.8 Å². The quantitative estimate of drug-likeness (QED) is 0.148. The van der Waals surface area contributed by atoms with E-state index in [1.807, 2.05) is 151 Å². The number of hydrogen-bond acceptors (Lipinski definition) is 11. The second kappa shape index (κ2) is 20.1. The molecule has 12 rings (SSSR count). The predicted octanol–water partition coefficient (Wildman–Crippen LogP) is 10.8. The van der Waals surface area contributed by atoms with Crippen LogP contribution in [0.15, 0.2) is 183 Å². The Balaban J connectivity index is 0.000000114. The van der Waals surface area contributed by atoms with Crippen molar-refractivity contribution >= 4 is 34.1 Å². The van der Waals surface area contributed by atoms with Gasteiger partial charge < -0.3 is 53.8 Å². The number of hydrogen-bond donors (Lipinski definition) is 3. The Kier molecular flexibility index (Phi) is 13.3. The van der Waals surface area contributed by atoms with Gasteiger partial charge in [-0.3, -0.25) is 0 Å². The highest BCUT2D eigenvalue weighted by Crippen LogP contribution is 2.49. The summed E-state index contributed by atoms with van der Waals surface area (Å²) in [5.41, 5.74) is 5.95. The minimum Gasteiger partial charge on any atom is -0.453 e. The molecule has 0 bridgehead atoms. The van der Waals surface area contributed by atoms with E-state index in [1.54, 1.807) is 0 Å². The summed E-state index contributed by atoms with van der Waals surface area (Å²) in [4.78, 5) is 4.30. The first-order valence-electron chi connectivity index (χ1n) is 21.5. The van der Waals surface area contributed by atoms with Gasteiger partial charge in [0, 0.05) is 5.92 Å². The Bertz CT molecular complexity index is 2420. The Morgan fingerprint density at radius 3 is 1.38 bits per heavy atom. The van der Waals surface area contributed by atoms with Gasteiger partial charge in [0.25, 0.3) is 0 Å². The monoisotopic (exact) mass is 857 g/mol. The SMILES string of the molecule is C1=C[C@@H](N2c3ccccc3Oc3ccccc32)COC1.C=CC1C=CCOC1.O[C@H]1[C@@H](O)COC[C@@H]1N1c2ccccc2Oc2ccccc21.c1ccc2c(c1)Nc1ccccc1O2. The van der Waals surface area contributed by atoms with Crippen LogP contribution in [0.25, 0.3) is 0 Å². The molecule has 6 aromatic carbocycles. The molecular formula is C53H51N3O8. The Morgan fingerprint density at radius 2 is 0.922 bits per heavy atom. The molecule has 3 N–H and O–H groups in total. The summed E-state index contributed by atoms with van der Waals surface area (Å²) in [6, 6.07) is 47.3. The highest BCUT2D eigenvalue weighted by Gasteiger charge is 2.39. The predicted molar refractivity (Wildman–Crippen MR) is 250 cm³/mol. The van der Waals surface area contributed by atoms with Crippen molar-refractivity contribution in [1.29, 1.82) is 0 Å². The highest BCUT2D eigenvalue weighted by molar-refractivity contribution is 5.80. The number of nitrogens with one attached hydrogen (secondary N) is 1. The van der Waals surface area contributed by atoms with E-state index in [2.05, 4.69) is 47.2 Å². The number of nitrogens with zero attached hydrogens (tertiary/aromatic N) is 2. The molecule has 326 valence electrons. The van der Waals surface area contributed by atoms with E-state index in [9.17, 15) is 10.2 Å². The van der Waals surface area contributed by atoms with Crippen LogP contribution in [-0.4, -0.2) is 74.1 Å². The van der Waals surface area contributed by atoms with Crippen molar-refractivity contribution in [3.05, 3.63) is 183 Å². The van der Waals surface area contributed by atoms with Crippen LogP contribution in [0.3, 0.4) is 0 Å². The first-order chi connectivity index (χ1) is 31.6. The number of aliphatic hydroxyl groups is 2. The van der Waals surface area contributed by atoms with Crippen LogP contribution >= 0.6 is 0 Å². The largest absolute Gasteiger partial charge is 0.453 e. The number of ether oxygens (including phenoxy) is 6. The summed E-state index contributed by atoms with van der Waals surface area (Å²) in [5.74, 6) is 5.46. The zero-order valence-electron chi connectivity index (χ0n) is 35.3. The maximum atomic E-state index is 10.4. The Hall–Kier alpha value is -6.86. The molecule has 6 aliphatic rings. The van der Waals surface area contributed by atoms with Gasteiger partial charge in [-0.2, -0.15) is 0 Å². The van der Waals surface area contributed by atoms with E-state index < -0.39 is 12.2 Å². The lowest BCUT2D eigenvalue weighted by atomic mass is 9.99. The van der Waals surface area contributed by atoms with Gasteiger partial charge >= 0.3 is 0 Å². The van der Waals surface area contributed by atoms with Gasteiger partial charge in [-0.1, -0.05) is 103 Å². The molecular weight excluding hydrogens is 807 g/mol. The summed E-state index contributed by atoms with van der Waals surface area (Å²) in [5, 5.41) is 23.7. The molecule has 1 unspecified atom stereocenters. The van der Waals surface area contributed by atoms with Crippen molar-refractivity contribution < 1.29 is 38.6 Å². The van der Waals surface area contributed by atoms with Gasteiger partial charge in [0.1, 0.15) is 12.2 Å². The molecule has 0 amide bonds. The normalized spacial score (nSPS) is 21.6. The lowest BCUT2D eigenvalue weighted by molar-refractivity contribution is -0.0964. The average molecular weight is 858 g/mol. The van der Waals surface area contributed by atoms with Crippen LogP contribution < -0.4 is 29.3 Å². The number of aliphatic hydroxyl groups excluding tert-OH is 2. The molecule has 64 heavy (non-hydrogen) atoms. The fourth-order valence-corrected chi connectivity index (χ4v) is 8.14. The van der Waals surface area contributed by atoms with Crippen LogP contribution in [0.1, 0.15) is 0 Å². The molecule has 6 aromatic rings. The summed E-state index contributed by atoms with van der Waals surface area (Å²) < 4.78 is 33.8. The number of anilines is 6. The molecule has 0 radical (unpaired) electrons. The van der Waals surface area contributed by atoms with Gasteiger partial charge in [0.15, 0.2) is 34.5 Å². The fraction of sp³-hybridized carbons (Fsp3) is 0.208. The summed E-state index contributed by atoms with van der Waals surface area (Å²) in [7, 11) is 0. The van der Waals surface area contributed by atoms with Gasteiger partial charge in [0.05, 0.1) is 85.8 Å². The van der Waals surface area contributed by atoms with E-state index in [0.29, 0.717) is 25.7 Å². The topological polar surface area (TPSA) is 114 Å². The standard InChI is InChI=1S/C17H17NO4.C17H15NO2.C12H9NO.C7H10O/c19-14-10-21-9-13(17(14)20)18-11-5-1-3-7-15(11)22-16-8-4-2-6-12(16)18;1-3-9-16-14(7-1)18(13-6-5-11-19-12-13)15-8-2-4-10-17(15)20-16;1-3-7-11-9(5-1)13-10-6-2-4-8-12(10)14-11;1-2-7-4-3-5-8-6-7/h1-8,13-14,17,19-20H,9-10H2;1-10,13H,11-12H2;1-8,13H;2-4,7H,1,5-6H2/t13-,14-,17+;13-;;/m01../s1. The number of fused-ring (bicyclic) bond motifs is 6. The van der Waals surface area contributed by atoms with Gasteiger partial charge in [-0.25, -0.2) is 0 Å². The lowest BCUT2D eigenvalue weighted by Gasteiger charge is -2.43. The molecule has 6 aliphatic heterocycles. The summed E-state index contributed by atoms with van der Waals surface area (Å²) in [6.07, 6.45) is 8.56. The maximum absolute atomic E-state index is 10.4. The number of para-hydroxylation sites is 12. The first kappa shape index (κ1) is 42.4. The third-order valence-electron chi connectivity index (χ3n) is 11.3. The highest BCUT2D eigenvalue weighted by atomic mass is 16.5. The van der Waals surface area contributed by atoms with Gasteiger partial charge in [-0.05, 0) is 72.8 Å². The number of rotatable bonds is 3. The number of benzene rings is 6. The molecule has 11 heteroatoms. The van der Waals surface area contributed by atoms with Gasteiger partial charge in [0.2, 0.25) is 0 Å². The van der Waals surface area contributed by atoms with Crippen molar-refractivity contribution in [2.45, 2.75) is 24.3 Å². The first-order valence-corrected chi connectivity index (χ1v) is 21.5. The molecule has 11 nitrogen and oxygen atoms in total. The third-order valence-corrected chi connectivity index (χ3v) is 11.3. The smallest absolute Gasteiger partial charge is 0.151 e. The van der Waals surface area contributed by atoms with E-state index in [1.165, 1.54) is 0 Å². The van der Waals surface area contributed by atoms with Crippen molar-refractivity contribution in [2.75, 3.05) is 54.8 Å². The molecule has 0 saturated carbocycles. The lowest BCUT2D eigenvalue weighted by Crippen LogP contribution is -2.55. The second-order valence-electron chi connectivity index (χ2n) is 15.6. The van der Waals surface area contributed by atoms with Crippen LogP contribution in [0.2, 0.25) is 0 Å². The molecule has 0 spiro atoms. The van der Waals surface area contributed by atoms with Crippen LogP contribution in [0, 0.1) is 5.92 Å². The molecule has 6 heterocycles. The second-order valence-corrected chi connectivity index (χ2v) is 15.6. The van der Waals surface area contributed by atoms with Gasteiger partial charge in [-0.15, -0.1) is 6.58 Å². The summed E-state index contributed by atoms with van der Waals surface area (Å²) in [6.45, 7) is 7.13. The zero-order chi connectivity index (χ0) is 43.7. The third kappa shape index (κ3) is 9.40. The van der Waals surface area contributed by atoms with Crippen LogP contribution in [0.4, 0.5) is 34.1 Å². The van der Waals surface area contributed by atoms with E-state index in [4.69, 9.17) is 28.4 Å². The zero-order valence-corrected chi connectivity index (χ0v) is 35.3. The van der Waals surface area contributed by atoms with Crippen LogP contribution in [-0.2, 0) is 14.2 Å². The van der Waals surface area contributed by atoms with Crippen molar-refractivity contribution in [2.24, 2.45) is 5.92 Å². The minimum atomic E-state index is -0.888. The maximum Gasteiger partial charge on any atom is 0.151 e. The van der Waals surface area contributed by atoms with E-state index in [-0.39, 0.29) is 18.7 Å². The Morgan fingerprint density at radius 1 is 0.484 bits per heavy atom. The molecule has 1 fully saturated rings. The molecule has 0 aliphatic carbocycles. The van der Waals surface area contributed by atoms with Crippen molar-refractivity contribution in [3.8, 4) is 34.5 Å². The van der Waals surface area contributed by atoms with Crippen molar-refractivity contribution in [1.82, 2.24) is 0 Å².